The summed E-state index contributed by atoms with van der Waals surface area (Å²) in [7, 11) is 0. The maximum Gasteiger partial charge on any atom is 0.270 e. The number of ketones is 1. The normalized spacial score (nSPS) is 18.9. The number of nitrogens with zero attached hydrogens (tertiary/aromatic N) is 2. The highest BCUT2D eigenvalue weighted by Gasteiger charge is 2.51. The van der Waals surface area contributed by atoms with Gasteiger partial charge in [0.2, 0.25) is 0 Å². The molecule has 0 saturated carbocycles. The maximum atomic E-state index is 12.9. The number of Topliss-reactive ketones (excluding diaryl/α,β-unsaturated/α-hetero) is 1. The topological polar surface area (TPSA) is 101 Å². The van der Waals surface area contributed by atoms with Gasteiger partial charge >= 0.3 is 0 Å². The number of anilines is 1. The number of carbonyl (C=O) groups is 2. The zero-order valence-electron chi connectivity index (χ0n) is 14.4. The van der Waals surface area contributed by atoms with Gasteiger partial charge in [0.15, 0.2) is 11.4 Å². The Labute approximate surface area is 150 Å². The number of amides is 1. The van der Waals surface area contributed by atoms with Gasteiger partial charge in [-0.3, -0.25) is 19.7 Å². The second kappa shape index (κ2) is 6.34. The van der Waals surface area contributed by atoms with Crippen LogP contribution in [0.15, 0.2) is 48.5 Å². The maximum absolute atomic E-state index is 12.9. The second-order valence-electron chi connectivity index (χ2n) is 6.55. The van der Waals surface area contributed by atoms with Gasteiger partial charge in [-0.05, 0) is 19.9 Å². The number of non-ortho nitro benzene ring substituents is 1. The molecule has 1 heterocycles. The highest BCUT2D eigenvalue weighted by molar-refractivity contribution is 6.11. The summed E-state index contributed by atoms with van der Waals surface area (Å²) in [5, 5.41) is 22.0. The largest absolute Gasteiger partial charge is 0.375 e. The molecule has 2 aromatic carbocycles. The number of nitro groups is 1. The minimum Gasteiger partial charge on any atom is -0.375 e. The fraction of sp³-hybridized carbons (Fsp3) is 0.263. The van der Waals surface area contributed by atoms with Gasteiger partial charge in [-0.25, -0.2) is 0 Å². The fourth-order valence-corrected chi connectivity index (χ4v) is 3.27. The van der Waals surface area contributed by atoms with Crippen LogP contribution < -0.4 is 4.90 Å². The quantitative estimate of drug-likeness (QED) is 0.505. The summed E-state index contributed by atoms with van der Waals surface area (Å²) in [5.74, 6) is -1.10. The zero-order chi connectivity index (χ0) is 19.1. The standard InChI is InChI=1S/C19H18N2O5/c1-12(2)20-16-9-4-3-8-15(16)19(24,18(20)23)11-17(22)13-6-5-7-14(10-13)21(25)26/h3-10,12,24H,11H2,1-2H3/t19-/m1/s1. The van der Waals surface area contributed by atoms with Crippen LogP contribution in [0.4, 0.5) is 11.4 Å². The first-order valence-electron chi connectivity index (χ1n) is 8.19. The van der Waals surface area contributed by atoms with Crippen molar-refractivity contribution in [3.05, 3.63) is 69.8 Å². The molecule has 0 aliphatic carbocycles. The van der Waals surface area contributed by atoms with E-state index in [1.54, 1.807) is 24.3 Å². The Kier molecular flexibility index (Phi) is 4.33. The molecule has 1 atom stereocenters. The van der Waals surface area contributed by atoms with Crippen LogP contribution >= 0.6 is 0 Å². The highest BCUT2D eigenvalue weighted by atomic mass is 16.6. The molecule has 1 N–H and O–H groups in total. The summed E-state index contributed by atoms with van der Waals surface area (Å²) in [5.41, 5.74) is -1.17. The lowest BCUT2D eigenvalue weighted by Gasteiger charge is -2.25. The SMILES string of the molecule is CC(C)N1C(=O)[C@@](O)(CC(=O)c2cccc([N+](=O)[O-])c2)c2ccccc21. The molecule has 0 spiro atoms. The van der Waals surface area contributed by atoms with E-state index in [2.05, 4.69) is 0 Å². The van der Waals surface area contributed by atoms with Gasteiger partial charge in [0.25, 0.3) is 11.6 Å². The first-order chi connectivity index (χ1) is 12.3. The van der Waals surface area contributed by atoms with Crippen molar-refractivity contribution in [1.82, 2.24) is 0 Å². The number of benzene rings is 2. The number of carbonyl (C=O) groups excluding carboxylic acids is 2. The van der Waals surface area contributed by atoms with Gasteiger partial charge in [0.05, 0.1) is 17.0 Å². The number of fused-ring (bicyclic) bond motifs is 1. The van der Waals surface area contributed by atoms with Crippen LogP contribution in [0.2, 0.25) is 0 Å². The Bertz CT molecular complexity index is 908. The molecule has 0 fully saturated rings. The van der Waals surface area contributed by atoms with Crippen LogP contribution in [0.1, 0.15) is 36.2 Å². The molecule has 1 amide bonds. The van der Waals surface area contributed by atoms with Crippen molar-refractivity contribution in [2.45, 2.75) is 31.9 Å². The highest BCUT2D eigenvalue weighted by Crippen LogP contribution is 2.43. The van der Waals surface area contributed by atoms with Crippen LogP contribution in [-0.2, 0) is 10.4 Å². The number of rotatable bonds is 5. The minimum atomic E-state index is -1.98. The van der Waals surface area contributed by atoms with Gasteiger partial charge < -0.3 is 10.0 Å². The van der Waals surface area contributed by atoms with Gasteiger partial charge in [0, 0.05) is 29.3 Å². The molecule has 26 heavy (non-hydrogen) atoms. The Morgan fingerprint density at radius 2 is 1.92 bits per heavy atom. The summed E-state index contributed by atoms with van der Waals surface area (Å²) < 4.78 is 0. The monoisotopic (exact) mass is 354 g/mol. The van der Waals surface area contributed by atoms with E-state index >= 15 is 0 Å². The Hall–Kier alpha value is -3.06. The molecule has 0 aromatic heterocycles. The molecule has 0 unspecified atom stereocenters. The van der Waals surface area contributed by atoms with Crippen LogP contribution in [-0.4, -0.2) is 27.8 Å². The van der Waals surface area contributed by atoms with E-state index in [1.807, 2.05) is 13.8 Å². The molecule has 1 aliphatic heterocycles. The van der Waals surface area contributed by atoms with Crippen molar-refractivity contribution < 1.29 is 19.6 Å². The molecule has 2 aromatic rings. The van der Waals surface area contributed by atoms with E-state index in [9.17, 15) is 24.8 Å². The summed E-state index contributed by atoms with van der Waals surface area (Å²) in [6.07, 6.45) is -0.479. The van der Waals surface area contributed by atoms with E-state index in [4.69, 9.17) is 0 Å². The molecule has 7 nitrogen and oxygen atoms in total. The number of aliphatic hydroxyl groups is 1. The first kappa shape index (κ1) is 17.8. The van der Waals surface area contributed by atoms with Crippen molar-refractivity contribution in [2.24, 2.45) is 0 Å². The van der Waals surface area contributed by atoms with E-state index in [-0.39, 0.29) is 17.3 Å². The smallest absolute Gasteiger partial charge is 0.270 e. The fourth-order valence-electron chi connectivity index (χ4n) is 3.27. The molecular weight excluding hydrogens is 336 g/mol. The molecule has 3 rings (SSSR count). The van der Waals surface area contributed by atoms with Gasteiger partial charge in [-0.1, -0.05) is 30.3 Å². The van der Waals surface area contributed by atoms with Gasteiger partial charge in [-0.2, -0.15) is 0 Å². The minimum absolute atomic E-state index is 0.0842. The van der Waals surface area contributed by atoms with E-state index in [0.717, 1.165) is 6.07 Å². The molecule has 0 saturated heterocycles. The van der Waals surface area contributed by atoms with Crippen molar-refractivity contribution in [1.29, 1.82) is 0 Å². The lowest BCUT2D eigenvalue weighted by molar-refractivity contribution is -0.384. The van der Waals surface area contributed by atoms with E-state index in [1.165, 1.54) is 23.1 Å². The van der Waals surface area contributed by atoms with Crippen molar-refractivity contribution in [2.75, 3.05) is 4.90 Å². The summed E-state index contributed by atoms with van der Waals surface area (Å²) in [6.45, 7) is 3.64. The van der Waals surface area contributed by atoms with E-state index in [0.29, 0.717) is 11.3 Å². The number of nitro benzene ring substituents is 1. The molecular formula is C19H18N2O5. The van der Waals surface area contributed by atoms with Gasteiger partial charge in [0.1, 0.15) is 0 Å². The number of para-hydroxylation sites is 1. The summed E-state index contributed by atoms with van der Waals surface area (Å²) in [6, 6.07) is 11.9. The summed E-state index contributed by atoms with van der Waals surface area (Å²) >= 11 is 0. The molecule has 7 heteroatoms. The van der Waals surface area contributed by atoms with Gasteiger partial charge in [-0.15, -0.1) is 0 Å². The molecule has 134 valence electrons. The Morgan fingerprint density at radius 1 is 1.23 bits per heavy atom. The average Bonchev–Trinajstić information content (AvgIpc) is 2.83. The van der Waals surface area contributed by atoms with Crippen molar-refractivity contribution >= 4 is 23.1 Å². The average molecular weight is 354 g/mol. The van der Waals surface area contributed by atoms with Crippen LogP contribution in [0.25, 0.3) is 0 Å². The number of hydrogen-bond acceptors (Lipinski definition) is 5. The van der Waals surface area contributed by atoms with Crippen LogP contribution in [0.5, 0.6) is 0 Å². The lowest BCUT2D eigenvalue weighted by Crippen LogP contribution is -2.44. The lowest BCUT2D eigenvalue weighted by atomic mass is 9.88. The van der Waals surface area contributed by atoms with Crippen LogP contribution in [0, 0.1) is 10.1 Å². The molecule has 0 bridgehead atoms. The van der Waals surface area contributed by atoms with Crippen molar-refractivity contribution in [3.8, 4) is 0 Å². The Morgan fingerprint density at radius 3 is 2.58 bits per heavy atom. The number of hydrogen-bond donors (Lipinski definition) is 1. The summed E-state index contributed by atoms with van der Waals surface area (Å²) in [4.78, 5) is 37.3. The molecule has 0 radical (unpaired) electrons. The van der Waals surface area contributed by atoms with Crippen LogP contribution in [0.3, 0.4) is 0 Å². The zero-order valence-corrected chi connectivity index (χ0v) is 14.4. The third-order valence-electron chi connectivity index (χ3n) is 4.49. The van der Waals surface area contributed by atoms with E-state index < -0.39 is 28.6 Å². The third-order valence-corrected chi connectivity index (χ3v) is 4.49. The van der Waals surface area contributed by atoms with Crippen molar-refractivity contribution in [3.63, 3.8) is 0 Å². The second-order valence-corrected chi connectivity index (χ2v) is 6.55. The third kappa shape index (κ3) is 2.76. The molecule has 1 aliphatic rings. The first-order valence-corrected chi connectivity index (χ1v) is 8.19. The predicted molar refractivity (Wildman–Crippen MR) is 95.0 cm³/mol. The Balaban J connectivity index is 1.98. The predicted octanol–water partition coefficient (Wildman–Crippen LogP) is 2.81.